The number of aromatic hydroxyl groups is 1. The summed E-state index contributed by atoms with van der Waals surface area (Å²) in [5, 5.41) is 14.0. The van der Waals surface area contributed by atoms with Crippen LogP contribution in [0.2, 0.25) is 0 Å². The van der Waals surface area contributed by atoms with Gasteiger partial charge < -0.3 is 14.4 Å². The minimum Gasteiger partial charge on any atom is -0.503 e. The number of nitrogens with zero attached hydrogens (tertiary/aromatic N) is 3. The normalized spacial score (nSPS) is 15.6. The van der Waals surface area contributed by atoms with E-state index in [1.54, 1.807) is 17.8 Å². The Morgan fingerprint density at radius 3 is 2.08 bits per heavy atom. The monoisotopic (exact) mass is 499 g/mol. The molecular weight excluding hydrogens is 473 g/mol. The second-order valence-electron chi connectivity index (χ2n) is 8.80. The van der Waals surface area contributed by atoms with Crippen molar-refractivity contribution in [2.45, 2.75) is 12.1 Å². The lowest BCUT2D eigenvalue weighted by Crippen LogP contribution is -2.56. The number of rotatable bonds is 7. The van der Waals surface area contributed by atoms with Crippen molar-refractivity contribution in [2.75, 3.05) is 20.2 Å². The zero-order chi connectivity index (χ0) is 25.9. The van der Waals surface area contributed by atoms with E-state index in [1.807, 2.05) is 65.7 Å². The van der Waals surface area contributed by atoms with Gasteiger partial charge in [0.25, 0.3) is 5.91 Å². The van der Waals surface area contributed by atoms with Crippen LogP contribution in [-0.2, 0) is 0 Å². The van der Waals surface area contributed by atoms with Gasteiger partial charge in [0, 0.05) is 25.2 Å². The van der Waals surface area contributed by atoms with E-state index in [9.17, 15) is 19.1 Å². The van der Waals surface area contributed by atoms with Gasteiger partial charge in [0.05, 0.1) is 6.54 Å². The molecule has 37 heavy (non-hydrogen) atoms. The predicted octanol–water partition coefficient (Wildman–Crippen LogP) is 4.41. The number of pyridine rings is 1. The maximum Gasteiger partial charge on any atom is 0.289 e. The van der Waals surface area contributed by atoms with Crippen LogP contribution in [0.3, 0.4) is 0 Å². The van der Waals surface area contributed by atoms with Crippen LogP contribution in [-0.4, -0.2) is 45.8 Å². The summed E-state index contributed by atoms with van der Waals surface area (Å²) in [6.45, 7) is 0.260. The number of hydrazine groups is 1. The van der Waals surface area contributed by atoms with E-state index in [0.717, 1.165) is 11.1 Å². The smallest absolute Gasteiger partial charge is 0.289 e. The van der Waals surface area contributed by atoms with Gasteiger partial charge in [-0.3, -0.25) is 14.6 Å². The van der Waals surface area contributed by atoms with E-state index in [1.165, 1.54) is 35.3 Å². The molecule has 7 nitrogen and oxygen atoms in total. The summed E-state index contributed by atoms with van der Waals surface area (Å²) < 4.78 is 20.7. The number of aromatic nitrogens is 1. The van der Waals surface area contributed by atoms with Crippen molar-refractivity contribution in [3.63, 3.8) is 0 Å². The van der Waals surface area contributed by atoms with E-state index in [2.05, 4.69) is 0 Å². The Bertz CT molecular complexity index is 1400. The number of carbonyl (C=O) groups excluding carboxylic acids is 1. The van der Waals surface area contributed by atoms with Gasteiger partial charge in [-0.2, -0.15) is 5.01 Å². The maximum atomic E-state index is 13.6. The first kappa shape index (κ1) is 24.3. The third kappa shape index (κ3) is 4.71. The van der Waals surface area contributed by atoms with E-state index >= 15 is 0 Å². The van der Waals surface area contributed by atoms with Crippen LogP contribution >= 0.6 is 0 Å². The Balaban J connectivity index is 1.57. The fourth-order valence-corrected chi connectivity index (χ4v) is 4.83. The van der Waals surface area contributed by atoms with Gasteiger partial charge in [-0.1, -0.05) is 60.7 Å². The highest BCUT2D eigenvalue weighted by Crippen LogP contribution is 2.41. The second kappa shape index (κ2) is 10.3. The average molecular weight is 500 g/mol. The third-order valence-corrected chi connectivity index (χ3v) is 6.59. The molecule has 4 aromatic rings. The minimum atomic E-state index is -0.624. The largest absolute Gasteiger partial charge is 0.503 e. The van der Waals surface area contributed by atoms with Crippen LogP contribution in [0.15, 0.2) is 102 Å². The summed E-state index contributed by atoms with van der Waals surface area (Å²) in [5.74, 6) is -1.25. The van der Waals surface area contributed by atoms with Crippen molar-refractivity contribution in [3.8, 4) is 11.5 Å². The second-order valence-corrected chi connectivity index (χ2v) is 8.80. The average Bonchev–Trinajstić information content (AvgIpc) is 2.92. The number of hydrogen-bond acceptors (Lipinski definition) is 5. The molecule has 1 atom stereocenters. The molecule has 2 heterocycles. The summed E-state index contributed by atoms with van der Waals surface area (Å²) in [6, 6.07) is 26.7. The number of amides is 1. The number of likely N-dealkylation sites (N-methyl/N-ethyl adjacent to an activating group) is 1. The zero-order valence-corrected chi connectivity index (χ0v) is 20.2. The fourth-order valence-electron chi connectivity index (χ4n) is 4.83. The molecule has 1 N–H and O–H groups in total. The molecule has 8 heteroatoms. The first-order valence-electron chi connectivity index (χ1n) is 11.9. The maximum absolute atomic E-state index is 13.6. The molecule has 0 fully saturated rings. The molecule has 1 aromatic heterocycles. The van der Waals surface area contributed by atoms with Gasteiger partial charge in [0.2, 0.25) is 5.43 Å². The molecular formula is C29H26FN3O4. The molecule has 1 amide bonds. The molecule has 0 saturated carbocycles. The Kier molecular flexibility index (Phi) is 6.74. The molecule has 1 aliphatic rings. The molecule has 0 bridgehead atoms. The molecule has 188 valence electrons. The first-order chi connectivity index (χ1) is 18.0. The van der Waals surface area contributed by atoms with Crippen molar-refractivity contribution in [1.29, 1.82) is 0 Å². The topological polar surface area (TPSA) is 75.0 Å². The lowest BCUT2D eigenvalue weighted by atomic mass is 9.87. The number of halogens is 1. The van der Waals surface area contributed by atoms with Crippen LogP contribution < -0.4 is 10.2 Å². The molecule has 0 aliphatic carbocycles. The SMILES string of the molecule is CN1C(C(c2ccccc2)c2ccccc2)n2ccc(=O)c(O)c2C(=O)N1CCOc1ccc(F)cc1. The van der Waals surface area contributed by atoms with E-state index in [4.69, 9.17) is 4.74 Å². The molecule has 0 radical (unpaired) electrons. The Hall–Kier alpha value is -4.43. The van der Waals surface area contributed by atoms with Crippen molar-refractivity contribution in [3.05, 3.63) is 130 Å². The highest BCUT2D eigenvalue weighted by molar-refractivity contribution is 5.95. The van der Waals surface area contributed by atoms with Gasteiger partial charge in [-0.05, 0) is 35.4 Å². The summed E-state index contributed by atoms with van der Waals surface area (Å²) in [7, 11) is 1.80. The van der Waals surface area contributed by atoms with E-state index in [0.29, 0.717) is 5.75 Å². The Morgan fingerprint density at radius 2 is 1.49 bits per heavy atom. The predicted molar refractivity (Wildman–Crippen MR) is 137 cm³/mol. The van der Waals surface area contributed by atoms with Crippen LogP contribution in [0.1, 0.15) is 33.7 Å². The quantitative estimate of drug-likeness (QED) is 0.408. The number of fused-ring (bicyclic) bond motifs is 1. The zero-order valence-electron chi connectivity index (χ0n) is 20.2. The summed E-state index contributed by atoms with van der Waals surface area (Å²) >= 11 is 0. The van der Waals surface area contributed by atoms with Gasteiger partial charge in [-0.15, -0.1) is 0 Å². The van der Waals surface area contributed by atoms with Crippen molar-refractivity contribution >= 4 is 5.91 Å². The number of hydrogen-bond donors (Lipinski definition) is 1. The first-order valence-corrected chi connectivity index (χ1v) is 11.9. The van der Waals surface area contributed by atoms with Gasteiger partial charge in [0.1, 0.15) is 24.3 Å². The number of benzene rings is 3. The number of ether oxygens (including phenoxy) is 1. The highest BCUT2D eigenvalue weighted by Gasteiger charge is 2.42. The molecule has 5 rings (SSSR count). The fraction of sp³-hybridized carbons (Fsp3) is 0.172. The summed E-state index contributed by atoms with van der Waals surface area (Å²) in [5.41, 5.74) is 1.31. The summed E-state index contributed by atoms with van der Waals surface area (Å²) in [4.78, 5) is 26.0. The standard InChI is InChI=1S/C29H26FN3O4/c1-31-28(25(20-8-4-2-5-9-20)21-10-6-3-7-11-21)32-17-16-24(34)27(35)26(32)29(36)33(31)18-19-37-23-14-12-22(30)13-15-23/h2-17,25,28,35H,18-19H2,1H3. The molecule has 1 aliphatic heterocycles. The molecule has 3 aromatic carbocycles. The van der Waals surface area contributed by atoms with Gasteiger partial charge >= 0.3 is 0 Å². The van der Waals surface area contributed by atoms with Crippen molar-refractivity contribution in [2.24, 2.45) is 0 Å². The van der Waals surface area contributed by atoms with Crippen LogP contribution in [0, 0.1) is 5.82 Å². The van der Waals surface area contributed by atoms with E-state index < -0.39 is 23.3 Å². The van der Waals surface area contributed by atoms with Crippen LogP contribution in [0.5, 0.6) is 11.5 Å². The Labute approximate surface area is 213 Å². The molecule has 0 saturated heterocycles. The third-order valence-electron chi connectivity index (χ3n) is 6.59. The summed E-state index contributed by atoms with van der Waals surface area (Å²) in [6.07, 6.45) is 1.07. The van der Waals surface area contributed by atoms with Crippen molar-refractivity contribution in [1.82, 2.24) is 14.6 Å². The highest BCUT2D eigenvalue weighted by atomic mass is 19.1. The Morgan fingerprint density at radius 1 is 0.892 bits per heavy atom. The molecule has 1 unspecified atom stereocenters. The molecule has 0 spiro atoms. The lowest BCUT2D eigenvalue weighted by molar-refractivity contribution is -0.0672. The number of carbonyl (C=O) groups is 1. The lowest BCUT2D eigenvalue weighted by Gasteiger charge is -2.47. The van der Waals surface area contributed by atoms with Gasteiger partial charge in [-0.25, -0.2) is 4.39 Å². The minimum absolute atomic E-state index is 0.0748. The van der Waals surface area contributed by atoms with Gasteiger partial charge in [0.15, 0.2) is 11.4 Å². The van der Waals surface area contributed by atoms with E-state index in [-0.39, 0.29) is 30.6 Å². The van der Waals surface area contributed by atoms with Crippen molar-refractivity contribution < 1.29 is 19.0 Å². The van der Waals surface area contributed by atoms with Crippen LogP contribution in [0.4, 0.5) is 4.39 Å². The van der Waals surface area contributed by atoms with Crippen LogP contribution in [0.25, 0.3) is 0 Å².